The summed E-state index contributed by atoms with van der Waals surface area (Å²) in [5.41, 5.74) is 0.206. The molecule has 104 valence electrons. The topological polar surface area (TPSA) is 38.8 Å². The van der Waals surface area contributed by atoms with Gasteiger partial charge >= 0.3 is 5.97 Å². The Morgan fingerprint density at radius 2 is 1.68 bits per heavy atom. The molecule has 0 saturated carbocycles. The fourth-order valence-corrected chi connectivity index (χ4v) is 2.20. The predicted octanol–water partition coefficient (Wildman–Crippen LogP) is 3.34. The van der Waals surface area contributed by atoms with Crippen molar-refractivity contribution in [2.75, 3.05) is 0 Å². The lowest BCUT2D eigenvalue weighted by atomic mass is 9.88. The molecule has 2 rings (SSSR count). The molecular weight excluding hydrogens is 240 g/mol. The Balaban J connectivity index is 2.21. The first-order chi connectivity index (χ1) is 8.58. The summed E-state index contributed by atoms with van der Waals surface area (Å²) in [6.45, 7) is 11.3. The van der Waals surface area contributed by atoms with Gasteiger partial charge in [0.05, 0.1) is 0 Å². The maximum atomic E-state index is 12.3. The Morgan fingerprint density at radius 3 is 2.16 bits per heavy atom. The second-order valence-electron chi connectivity index (χ2n) is 6.54. The standard InChI is InChI=1S/C16H22O3/c1-11-7-9-12(10-8-11)15(5)16(6,19-15)13(17)18-14(2,3)4/h7-10H,1-6H3/t15-,16+/m0/s1. The van der Waals surface area contributed by atoms with Crippen molar-refractivity contribution in [1.82, 2.24) is 0 Å². The van der Waals surface area contributed by atoms with Crippen LogP contribution in [0.4, 0.5) is 0 Å². The van der Waals surface area contributed by atoms with Crippen molar-refractivity contribution in [3.8, 4) is 0 Å². The molecule has 0 amide bonds. The summed E-state index contributed by atoms with van der Waals surface area (Å²) in [6, 6.07) is 8.06. The van der Waals surface area contributed by atoms with E-state index in [9.17, 15) is 4.79 Å². The molecular formula is C16H22O3. The Labute approximate surface area is 114 Å². The first kappa shape index (κ1) is 14.1. The van der Waals surface area contributed by atoms with Crippen molar-refractivity contribution in [3.05, 3.63) is 35.4 Å². The van der Waals surface area contributed by atoms with Crippen LogP contribution in [0.2, 0.25) is 0 Å². The lowest BCUT2D eigenvalue weighted by molar-refractivity contribution is -0.160. The van der Waals surface area contributed by atoms with E-state index in [1.54, 1.807) is 6.92 Å². The zero-order chi connectivity index (χ0) is 14.5. The van der Waals surface area contributed by atoms with E-state index in [1.165, 1.54) is 5.56 Å². The van der Waals surface area contributed by atoms with Gasteiger partial charge in [0.2, 0.25) is 0 Å². The fraction of sp³-hybridized carbons (Fsp3) is 0.562. The van der Waals surface area contributed by atoms with Gasteiger partial charge in [-0.1, -0.05) is 29.8 Å². The molecule has 0 spiro atoms. The van der Waals surface area contributed by atoms with Crippen molar-refractivity contribution in [1.29, 1.82) is 0 Å². The minimum atomic E-state index is -0.893. The molecule has 1 aromatic carbocycles. The van der Waals surface area contributed by atoms with Gasteiger partial charge in [0.25, 0.3) is 0 Å². The van der Waals surface area contributed by atoms with E-state index in [2.05, 4.69) is 0 Å². The fourth-order valence-electron chi connectivity index (χ4n) is 2.20. The molecule has 0 N–H and O–H groups in total. The molecule has 0 unspecified atom stereocenters. The van der Waals surface area contributed by atoms with E-state index in [0.29, 0.717) is 0 Å². The van der Waals surface area contributed by atoms with E-state index >= 15 is 0 Å². The van der Waals surface area contributed by atoms with Crippen LogP contribution < -0.4 is 0 Å². The van der Waals surface area contributed by atoms with Crippen molar-refractivity contribution < 1.29 is 14.3 Å². The van der Waals surface area contributed by atoms with Crippen LogP contribution in [0.3, 0.4) is 0 Å². The van der Waals surface area contributed by atoms with Crippen LogP contribution >= 0.6 is 0 Å². The molecule has 1 saturated heterocycles. The molecule has 1 aliphatic heterocycles. The maximum Gasteiger partial charge on any atom is 0.342 e. The number of hydrogen-bond acceptors (Lipinski definition) is 3. The smallest absolute Gasteiger partial charge is 0.342 e. The molecule has 0 aromatic heterocycles. The maximum absolute atomic E-state index is 12.3. The molecule has 2 atom stereocenters. The largest absolute Gasteiger partial charge is 0.458 e. The number of benzene rings is 1. The number of ether oxygens (including phenoxy) is 2. The number of carbonyl (C=O) groups excluding carboxylic acids is 1. The Hall–Kier alpha value is -1.35. The molecule has 1 heterocycles. The number of epoxide rings is 1. The van der Waals surface area contributed by atoms with Crippen LogP contribution in [0.1, 0.15) is 45.7 Å². The number of aryl methyl sites for hydroxylation is 1. The Kier molecular flexibility index (Phi) is 3.01. The molecule has 1 aromatic rings. The number of hydrogen-bond donors (Lipinski definition) is 0. The first-order valence-corrected chi connectivity index (χ1v) is 6.59. The highest BCUT2D eigenvalue weighted by Crippen LogP contribution is 2.56. The molecule has 1 aliphatic rings. The first-order valence-electron chi connectivity index (χ1n) is 6.59. The van der Waals surface area contributed by atoms with Crippen LogP contribution in [0.5, 0.6) is 0 Å². The van der Waals surface area contributed by atoms with E-state index in [-0.39, 0.29) is 5.97 Å². The summed E-state index contributed by atoms with van der Waals surface area (Å²) >= 11 is 0. The summed E-state index contributed by atoms with van der Waals surface area (Å²) in [7, 11) is 0. The van der Waals surface area contributed by atoms with Crippen molar-refractivity contribution >= 4 is 5.97 Å². The summed E-state index contributed by atoms with van der Waals surface area (Å²) < 4.78 is 11.2. The van der Waals surface area contributed by atoms with Crippen molar-refractivity contribution in [3.63, 3.8) is 0 Å². The quantitative estimate of drug-likeness (QED) is 0.606. The van der Waals surface area contributed by atoms with E-state index in [4.69, 9.17) is 9.47 Å². The second-order valence-corrected chi connectivity index (χ2v) is 6.54. The van der Waals surface area contributed by atoms with Crippen molar-refractivity contribution in [2.24, 2.45) is 0 Å². The van der Waals surface area contributed by atoms with Gasteiger partial charge in [-0.05, 0) is 47.1 Å². The minimum absolute atomic E-state index is 0.303. The lowest BCUT2D eigenvalue weighted by Crippen LogP contribution is -2.36. The van der Waals surface area contributed by atoms with Crippen LogP contribution in [0.15, 0.2) is 24.3 Å². The lowest BCUT2D eigenvalue weighted by Gasteiger charge is -2.22. The third kappa shape index (κ3) is 2.39. The highest BCUT2D eigenvalue weighted by atomic mass is 16.7. The predicted molar refractivity (Wildman–Crippen MR) is 73.9 cm³/mol. The van der Waals surface area contributed by atoms with Gasteiger partial charge in [-0.15, -0.1) is 0 Å². The molecule has 0 aliphatic carbocycles. The normalized spacial score (nSPS) is 30.0. The van der Waals surface area contributed by atoms with E-state index < -0.39 is 16.8 Å². The van der Waals surface area contributed by atoms with Gasteiger partial charge in [-0.3, -0.25) is 0 Å². The summed E-state index contributed by atoms with van der Waals surface area (Å²) in [5, 5.41) is 0. The Morgan fingerprint density at radius 1 is 1.16 bits per heavy atom. The van der Waals surface area contributed by atoms with E-state index in [0.717, 1.165) is 5.56 Å². The summed E-state index contributed by atoms with van der Waals surface area (Å²) in [5.74, 6) is -0.303. The molecule has 1 fully saturated rings. The average molecular weight is 262 g/mol. The Bertz CT molecular complexity index is 498. The summed E-state index contributed by atoms with van der Waals surface area (Å²) in [4.78, 5) is 12.3. The number of esters is 1. The molecule has 0 bridgehead atoms. The number of carbonyl (C=O) groups is 1. The van der Waals surface area contributed by atoms with Crippen LogP contribution in [0.25, 0.3) is 0 Å². The SMILES string of the molecule is Cc1ccc([C@]2(C)O[C@]2(C)C(=O)OC(C)(C)C)cc1. The van der Waals surface area contributed by atoms with Crippen molar-refractivity contribution in [2.45, 2.75) is 58.3 Å². The molecule has 3 heteroatoms. The molecule has 19 heavy (non-hydrogen) atoms. The molecule has 3 nitrogen and oxygen atoms in total. The van der Waals surface area contributed by atoms with Gasteiger partial charge in [0.1, 0.15) is 11.2 Å². The van der Waals surface area contributed by atoms with Crippen LogP contribution in [-0.4, -0.2) is 17.2 Å². The van der Waals surface area contributed by atoms with Gasteiger partial charge in [-0.25, -0.2) is 4.79 Å². The monoisotopic (exact) mass is 262 g/mol. The van der Waals surface area contributed by atoms with Crippen LogP contribution in [0, 0.1) is 6.92 Å². The van der Waals surface area contributed by atoms with Gasteiger partial charge in [-0.2, -0.15) is 0 Å². The van der Waals surface area contributed by atoms with Crippen LogP contribution in [-0.2, 0) is 19.9 Å². The van der Waals surface area contributed by atoms with E-state index in [1.807, 2.05) is 58.9 Å². The third-order valence-corrected chi connectivity index (χ3v) is 3.67. The highest BCUT2D eigenvalue weighted by Gasteiger charge is 2.71. The molecule has 0 radical (unpaired) electrons. The average Bonchev–Trinajstić information content (AvgIpc) is 2.83. The highest BCUT2D eigenvalue weighted by molar-refractivity contribution is 5.85. The zero-order valence-electron chi connectivity index (χ0n) is 12.5. The van der Waals surface area contributed by atoms with Gasteiger partial charge in [0, 0.05) is 0 Å². The zero-order valence-corrected chi connectivity index (χ0v) is 12.5. The van der Waals surface area contributed by atoms with Gasteiger partial charge in [0.15, 0.2) is 5.60 Å². The third-order valence-electron chi connectivity index (χ3n) is 3.67. The number of rotatable bonds is 2. The summed E-state index contributed by atoms with van der Waals surface area (Å²) in [6.07, 6.45) is 0. The minimum Gasteiger partial charge on any atom is -0.458 e. The second kappa shape index (κ2) is 4.07. The van der Waals surface area contributed by atoms with Gasteiger partial charge < -0.3 is 9.47 Å².